The molecule has 0 spiro atoms. The zero-order chi connectivity index (χ0) is 28.0. The molecule has 1 unspecified atom stereocenters. The van der Waals surface area contributed by atoms with Crippen LogP contribution in [0.15, 0.2) is 59.5 Å². The SMILES string of the molecule is CN(C)C(=O)C=CCCC(OC(=O)N(C)C)C(=O)Nc1cccn(Cc2cc3cc(F)ccc3n2C)c1=O. The number of likely N-dealkylation sites (N-methyl/N-ethyl adjacent to an activating group) is 1. The van der Waals surface area contributed by atoms with Gasteiger partial charge in [-0.2, -0.15) is 0 Å². The molecule has 1 atom stereocenters. The lowest BCUT2D eigenvalue weighted by molar-refractivity contribution is -0.125. The maximum Gasteiger partial charge on any atom is 0.410 e. The van der Waals surface area contributed by atoms with E-state index in [2.05, 4.69) is 5.32 Å². The van der Waals surface area contributed by atoms with Crippen LogP contribution >= 0.6 is 0 Å². The lowest BCUT2D eigenvalue weighted by Crippen LogP contribution is -2.37. The van der Waals surface area contributed by atoms with Crippen molar-refractivity contribution >= 4 is 34.5 Å². The zero-order valence-corrected chi connectivity index (χ0v) is 22.1. The number of hydrogen-bond acceptors (Lipinski definition) is 5. The Hall–Kier alpha value is -4.41. The van der Waals surface area contributed by atoms with Crippen LogP contribution in [0.4, 0.5) is 14.9 Å². The molecular weight excluding hydrogens is 493 g/mol. The van der Waals surface area contributed by atoms with Crippen LogP contribution in [0.1, 0.15) is 18.5 Å². The number of benzene rings is 1. The molecule has 11 heteroatoms. The summed E-state index contributed by atoms with van der Waals surface area (Å²) in [4.78, 5) is 52.7. The number of halogens is 1. The summed E-state index contributed by atoms with van der Waals surface area (Å²) in [5, 5.41) is 3.29. The number of aryl methyl sites for hydroxylation is 1. The molecule has 2 heterocycles. The van der Waals surface area contributed by atoms with Crippen molar-refractivity contribution in [3.05, 3.63) is 76.6 Å². The predicted molar refractivity (Wildman–Crippen MR) is 142 cm³/mol. The first-order valence-corrected chi connectivity index (χ1v) is 12.0. The molecule has 1 N–H and O–H groups in total. The minimum atomic E-state index is -1.19. The number of fused-ring (bicyclic) bond motifs is 1. The van der Waals surface area contributed by atoms with Crippen molar-refractivity contribution in [2.24, 2.45) is 7.05 Å². The number of nitrogens with one attached hydrogen (secondary N) is 1. The van der Waals surface area contributed by atoms with Gasteiger partial charge in [0.25, 0.3) is 11.5 Å². The lowest BCUT2D eigenvalue weighted by atomic mass is 10.1. The molecule has 38 heavy (non-hydrogen) atoms. The highest BCUT2D eigenvalue weighted by atomic mass is 19.1. The predicted octanol–water partition coefficient (Wildman–Crippen LogP) is 2.96. The molecule has 0 bridgehead atoms. The Labute approximate surface area is 219 Å². The highest BCUT2D eigenvalue weighted by Crippen LogP contribution is 2.20. The van der Waals surface area contributed by atoms with Gasteiger partial charge in [0.2, 0.25) is 5.91 Å². The van der Waals surface area contributed by atoms with E-state index in [4.69, 9.17) is 4.74 Å². The number of ether oxygens (including phenoxy) is 1. The number of pyridine rings is 1. The van der Waals surface area contributed by atoms with Gasteiger partial charge in [-0.25, -0.2) is 9.18 Å². The summed E-state index contributed by atoms with van der Waals surface area (Å²) in [5.41, 5.74) is 1.16. The third-order valence-corrected chi connectivity index (χ3v) is 5.91. The van der Waals surface area contributed by atoms with Gasteiger partial charge in [0.15, 0.2) is 6.10 Å². The van der Waals surface area contributed by atoms with Crippen LogP contribution in [0.3, 0.4) is 0 Å². The van der Waals surface area contributed by atoms with Gasteiger partial charge in [-0.15, -0.1) is 0 Å². The molecule has 202 valence electrons. The van der Waals surface area contributed by atoms with Crippen molar-refractivity contribution in [3.63, 3.8) is 0 Å². The minimum absolute atomic E-state index is 0.0199. The summed E-state index contributed by atoms with van der Waals surface area (Å²) >= 11 is 0. The molecule has 0 aliphatic heterocycles. The maximum atomic E-state index is 13.6. The quantitative estimate of drug-likeness (QED) is 0.433. The third-order valence-electron chi connectivity index (χ3n) is 5.91. The molecule has 10 nitrogen and oxygen atoms in total. The number of carbonyl (C=O) groups is 3. The van der Waals surface area contributed by atoms with Crippen LogP contribution in [0, 0.1) is 5.82 Å². The summed E-state index contributed by atoms with van der Waals surface area (Å²) < 4.78 is 22.3. The molecule has 3 rings (SSSR count). The number of carbonyl (C=O) groups excluding carboxylic acids is 3. The third kappa shape index (κ3) is 6.87. The van der Waals surface area contributed by atoms with Crippen molar-refractivity contribution in [1.82, 2.24) is 18.9 Å². The fraction of sp³-hybridized carbons (Fsp3) is 0.333. The van der Waals surface area contributed by atoms with Gasteiger partial charge >= 0.3 is 6.09 Å². The number of hydrogen-bond donors (Lipinski definition) is 1. The first kappa shape index (κ1) is 28.2. The Balaban J connectivity index is 1.78. The van der Waals surface area contributed by atoms with Crippen molar-refractivity contribution in [3.8, 4) is 0 Å². The Morgan fingerprint density at radius 1 is 1.11 bits per heavy atom. The van der Waals surface area contributed by atoms with Crippen LogP contribution in [0.5, 0.6) is 0 Å². The molecule has 3 aromatic rings. The number of aromatic nitrogens is 2. The van der Waals surface area contributed by atoms with Crippen LogP contribution < -0.4 is 10.9 Å². The van der Waals surface area contributed by atoms with Crippen molar-refractivity contribution in [2.75, 3.05) is 33.5 Å². The summed E-state index contributed by atoms with van der Waals surface area (Å²) in [6.07, 6.45) is 3.06. The Kier molecular flexibility index (Phi) is 9.06. The molecular formula is C27H32FN5O5. The first-order chi connectivity index (χ1) is 18.0. The van der Waals surface area contributed by atoms with Gasteiger partial charge in [0.05, 0.1) is 6.54 Å². The highest BCUT2D eigenvalue weighted by Gasteiger charge is 2.24. The van der Waals surface area contributed by atoms with E-state index in [0.717, 1.165) is 11.2 Å². The van der Waals surface area contributed by atoms with E-state index < -0.39 is 23.7 Å². The average molecular weight is 526 g/mol. The zero-order valence-electron chi connectivity index (χ0n) is 22.1. The highest BCUT2D eigenvalue weighted by molar-refractivity contribution is 5.95. The normalized spacial score (nSPS) is 11.9. The fourth-order valence-electron chi connectivity index (χ4n) is 3.72. The summed E-state index contributed by atoms with van der Waals surface area (Å²) in [7, 11) is 8.05. The standard InChI is InChI=1S/C27H32FN5O5/c1-30(2)24(34)11-7-6-10-23(38-27(37)31(3)4)25(35)29-21-9-8-14-33(26(21)36)17-20-16-18-15-19(28)12-13-22(18)32(20)5/h7-9,11-16,23H,6,10,17H2,1-5H3,(H,29,35). The van der Waals surface area contributed by atoms with E-state index in [-0.39, 0.29) is 30.4 Å². The average Bonchev–Trinajstić information content (AvgIpc) is 3.16. The smallest absolute Gasteiger partial charge is 0.410 e. The van der Waals surface area contributed by atoms with Gasteiger partial charge in [-0.05, 0) is 55.3 Å². The number of anilines is 1. The van der Waals surface area contributed by atoms with E-state index in [1.807, 2.05) is 11.6 Å². The molecule has 1 aromatic carbocycles. The van der Waals surface area contributed by atoms with Gasteiger partial charge in [-0.1, -0.05) is 6.08 Å². The number of nitrogens with zero attached hydrogens (tertiary/aromatic N) is 4. The second-order valence-electron chi connectivity index (χ2n) is 9.22. The maximum absolute atomic E-state index is 13.6. The van der Waals surface area contributed by atoms with Crippen molar-refractivity contribution < 1.29 is 23.5 Å². The summed E-state index contributed by atoms with van der Waals surface area (Å²) in [6, 6.07) is 9.38. The number of allylic oxidation sites excluding steroid dienone is 1. The molecule has 0 aliphatic carbocycles. The Bertz CT molecular complexity index is 1420. The van der Waals surface area contributed by atoms with E-state index in [0.29, 0.717) is 11.8 Å². The van der Waals surface area contributed by atoms with Gasteiger partial charge in [0, 0.05) is 58.0 Å². The van der Waals surface area contributed by atoms with Gasteiger partial charge in [0.1, 0.15) is 11.5 Å². The Morgan fingerprint density at radius 2 is 1.84 bits per heavy atom. The van der Waals surface area contributed by atoms with Crippen molar-refractivity contribution in [2.45, 2.75) is 25.5 Å². The van der Waals surface area contributed by atoms with Crippen LogP contribution in [-0.2, 0) is 27.9 Å². The monoisotopic (exact) mass is 525 g/mol. The van der Waals surface area contributed by atoms with Gasteiger partial charge < -0.3 is 29.0 Å². The largest absolute Gasteiger partial charge is 0.436 e. The van der Waals surface area contributed by atoms with Crippen molar-refractivity contribution in [1.29, 1.82) is 0 Å². The summed E-state index contributed by atoms with van der Waals surface area (Å²) in [5.74, 6) is -1.22. The second-order valence-corrected chi connectivity index (χ2v) is 9.22. The minimum Gasteiger partial charge on any atom is -0.436 e. The topological polar surface area (TPSA) is 106 Å². The van der Waals surface area contributed by atoms with E-state index in [9.17, 15) is 23.6 Å². The first-order valence-electron chi connectivity index (χ1n) is 12.0. The molecule has 3 amide bonds. The molecule has 2 aromatic heterocycles. The molecule has 0 radical (unpaired) electrons. The van der Waals surface area contributed by atoms with E-state index in [1.54, 1.807) is 44.6 Å². The van der Waals surface area contributed by atoms with Crippen LogP contribution in [0.25, 0.3) is 10.9 Å². The molecule has 0 fully saturated rings. The summed E-state index contributed by atoms with van der Waals surface area (Å²) in [6.45, 7) is 0.194. The molecule has 0 aliphatic rings. The van der Waals surface area contributed by atoms with Crippen LogP contribution in [0.2, 0.25) is 0 Å². The number of amides is 3. The lowest BCUT2D eigenvalue weighted by Gasteiger charge is -2.19. The molecule has 0 saturated heterocycles. The molecule has 0 saturated carbocycles. The van der Waals surface area contributed by atoms with Gasteiger partial charge in [-0.3, -0.25) is 14.4 Å². The fourth-order valence-corrected chi connectivity index (χ4v) is 3.72. The van der Waals surface area contributed by atoms with Crippen LogP contribution in [-0.4, -0.2) is 71.1 Å². The van der Waals surface area contributed by atoms with E-state index in [1.165, 1.54) is 52.7 Å². The Morgan fingerprint density at radius 3 is 2.53 bits per heavy atom. The van der Waals surface area contributed by atoms with E-state index >= 15 is 0 Å². The second kappa shape index (κ2) is 12.2. The number of rotatable bonds is 9.